The fourth-order valence-corrected chi connectivity index (χ4v) is 2.63. The molecule has 0 spiro atoms. The minimum atomic E-state index is -0.645. The molecule has 0 aromatic carbocycles. The number of ether oxygens (including phenoxy) is 1. The third kappa shape index (κ3) is 2.00. The van der Waals surface area contributed by atoms with E-state index >= 15 is 0 Å². The quantitative estimate of drug-likeness (QED) is 0.692. The van der Waals surface area contributed by atoms with E-state index in [0.29, 0.717) is 6.67 Å². The minimum Gasteiger partial charge on any atom is -0.370 e. The van der Waals surface area contributed by atoms with E-state index in [1.165, 1.54) is 0 Å². The van der Waals surface area contributed by atoms with Crippen LogP contribution in [0.5, 0.6) is 0 Å². The zero-order valence-electron chi connectivity index (χ0n) is 9.25. The van der Waals surface area contributed by atoms with Crippen molar-refractivity contribution >= 4 is 17.7 Å². The van der Waals surface area contributed by atoms with Gasteiger partial charge in [-0.2, -0.15) is 4.39 Å². The topological polar surface area (TPSA) is 48.9 Å². The van der Waals surface area contributed by atoms with Gasteiger partial charge in [-0.05, 0) is 19.3 Å². The third-order valence-corrected chi connectivity index (χ3v) is 3.53. The number of nitrogens with one attached hydrogen (secondary N) is 2. The van der Waals surface area contributed by atoms with E-state index in [9.17, 15) is 4.39 Å². The Morgan fingerprint density at radius 2 is 2.35 bits per heavy atom. The average molecular weight is 261 g/mol. The molecule has 17 heavy (non-hydrogen) atoms. The summed E-state index contributed by atoms with van der Waals surface area (Å²) in [6, 6.07) is 0. The van der Waals surface area contributed by atoms with Crippen LogP contribution in [-0.2, 0) is 4.74 Å². The number of rotatable bonds is 1. The molecule has 0 aliphatic carbocycles. The number of hydrogen-bond donors (Lipinski definition) is 2. The molecule has 7 heteroatoms. The van der Waals surface area contributed by atoms with E-state index in [1.807, 2.05) is 4.90 Å². The molecule has 0 radical (unpaired) electrons. The second-order valence-corrected chi connectivity index (χ2v) is 4.69. The molecule has 5 nitrogen and oxygen atoms in total. The molecule has 2 unspecified atom stereocenters. The molecule has 0 amide bonds. The van der Waals surface area contributed by atoms with Crippen molar-refractivity contribution in [1.82, 2.24) is 15.5 Å². The molecule has 0 bridgehead atoms. The van der Waals surface area contributed by atoms with Crippen LogP contribution in [-0.4, -0.2) is 36.7 Å². The van der Waals surface area contributed by atoms with E-state index in [4.69, 9.17) is 16.3 Å². The SMILES string of the molecule is FC1=NC2C(=C(Cl)N1)NCN2C1CCCCO1. The van der Waals surface area contributed by atoms with Crippen molar-refractivity contribution in [3.05, 3.63) is 10.9 Å². The Bertz CT molecular complexity index is 381. The molecule has 3 heterocycles. The molecule has 0 saturated carbocycles. The Balaban J connectivity index is 1.81. The normalized spacial score (nSPS) is 33.9. The van der Waals surface area contributed by atoms with Gasteiger partial charge < -0.3 is 15.4 Å². The number of nitrogens with zero attached hydrogens (tertiary/aromatic N) is 2. The molecular formula is C10H14ClFN4O. The molecular weight excluding hydrogens is 247 g/mol. The average Bonchev–Trinajstić information content (AvgIpc) is 2.74. The Hall–Kier alpha value is -0.850. The van der Waals surface area contributed by atoms with Gasteiger partial charge in [-0.1, -0.05) is 11.6 Å². The lowest BCUT2D eigenvalue weighted by atomic mass is 10.1. The molecule has 2 atom stereocenters. The molecule has 2 fully saturated rings. The monoisotopic (exact) mass is 260 g/mol. The lowest BCUT2D eigenvalue weighted by Gasteiger charge is -2.33. The first-order valence-corrected chi connectivity index (χ1v) is 6.15. The first kappa shape index (κ1) is 11.3. The van der Waals surface area contributed by atoms with Gasteiger partial charge in [0.05, 0.1) is 12.4 Å². The second-order valence-electron chi connectivity index (χ2n) is 4.32. The van der Waals surface area contributed by atoms with Crippen molar-refractivity contribution in [2.75, 3.05) is 13.3 Å². The Morgan fingerprint density at radius 1 is 1.47 bits per heavy atom. The van der Waals surface area contributed by atoms with Gasteiger partial charge in [-0.25, -0.2) is 9.89 Å². The minimum absolute atomic E-state index is 0.00198. The van der Waals surface area contributed by atoms with Crippen LogP contribution in [0.4, 0.5) is 4.39 Å². The number of halogens is 2. The Kier molecular flexibility index (Phi) is 2.94. The van der Waals surface area contributed by atoms with Crippen LogP contribution in [0.2, 0.25) is 0 Å². The van der Waals surface area contributed by atoms with Gasteiger partial charge in [0.15, 0.2) is 6.17 Å². The summed E-state index contributed by atoms with van der Waals surface area (Å²) in [6.07, 6.45) is 2.14. The summed E-state index contributed by atoms with van der Waals surface area (Å²) in [5, 5.41) is 5.78. The summed E-state index contributed by atoms with van der Waals surface area (Å²) in [5.74, 6) is 0. The van der Waals surface area contributed by atoms with Crippen molar-refractivity contribution in [2.45, 2.75) is 31.7 Å². The van der Waals surface area contributed by atoms with Gasteiger partial charge in [0.2, 0.25) is 0 Å². The second kappa shape index (κ2) is 4.44. The summed E-state index contributed by atoms with van der Waals surface area (Å²) in [6.45, 7) is 1.34. The van der Waals surface area contributed by atoms with Crippen LogP contribution >= 0.6 is 11.6 Å². The van der Waals surface area contributed by atoms with E-state index in [0.717, 1.165) is 31.6 Å². The van der Waals surface area contributed by atoms with E-state index in [2.05, 4.69) is 15.6 Å². The van der Waals surface area contributed by atoms with Crippen LogP contribution in [0.1, 0.15) is 19.3 Å². The molecule has 2 N–H and O–H groups in total. The fourth-order valence-electron chi connectivity index (χ4n) is 2.39. The predicted octanol–water partition coefficient (Wildman–Crippen LogP) is 1.04. The van der Waals surface area contributed by atoms with Gasteiger partial charge in [0.25, 0.3) is 6.09 Å². The molecule has 2 saturated heterocycles. The fraction of sp³-hybridized carbons (Fsp3) is 0.700. The van der Waals surface area contributed by atoms with Gasteiger partial charge >= 0.3 is 0 Å². The maximum Gasteiger partial charge on any atom is 0.284 e. The maximum absolute atomic E-state index is 13.2. The molecule has 0 aromatic heterocycles. The number of aliphatic imine (C=N–C) groups is 1. The first-order chi connectivity index (χ1) is 8.25. The van der Waals surface area contributed by atoms with Crippen LogP contribution < -0.4 is 10.6 Å². The van der Waals surface area contributed by atoms with Crippen LogP contribution in [0.25, 0.3) is 0 Å². The highest BCUT2D eigenvalue weighted by Crippen LogP contribution is 2.29. The zero-order valence-corrected chi connectivity index (χ0v) is 10.0. The van der Waals surface area contributed by atoms with E-state index in [1.54, 1.807) is 0 Å². The molecule has 3 rings (SSSR count). The van der Waals surface area contributed by atoms with E-state index < -0.39 is 6.09 Å². The summed E-state index contributed by atoms with van der Waals surface area (Å²) in [4.78, 5) is 5.93. The maximum atomic E-state index is 13.2. The van der Waals surface area contributed by atoms with Crippen molar-refractivity contribution < 1.29 is 9.13 Å². The summed E-state index contributed by atoms with van der Waals surface area (Å²) in [5.41, 5.74) is 0.724. The lowest BCUT2D eigenvalue weighted by Crippen LogP contribution is -2.44. The smallest absolute Gasteiger partial charge is 0.284 e. The number of fused-ring (bicyclic) bond motifs is 1. The highest BCUT2D eigenvalue weighted by Gasteiger charge is 2.39. The summed E-state index contributed by atoms with van der Waals surface area (Å²) in [7, 11) is 0. The van der Waals surface area contributed by atoms with E-state index in [-0.39, 0.29) is 17.5 Å². The standard InChI is InChI=1S/C10H14ClFN4O/c11-8-7-9(15-10(12)14-8)16(5-13-7)6-3-1-2-4-17-6/h6,9,13H,1-5H2,(H,14,15). The number of hydrogen-bond acceptors (Lipinski definition) is 5. The molecule has 3 aliphatic rings. The van der Waals surface area contributed by atoms with Gasteiger partial charge in [-0.3, -0.25) is 0 Å². The van der Waals surface area contributed by atoms with Crippen LogP contribution in [0.3, 0.4) is 0 Å². The van der Waals surface area contributed by atoms with Crippen molar-refractivity contribution in [3.8, 4) is 0 Å². The van der Waals surface area contributed by atoms with Gasteiger partial charge in [-0.15, -0.1) is 0 Å². The van der Waals surface area contributed by atoms with Crippen molar-refractivity contribution in [1.29, 1.82) is 0 Å². The van der Waals surface area contributed by atoms with Crippen molar-refractivity contribution in [2.24, 2.45) is 4.99 Å². The van der Waals surface area contributed by atoms with Crippen LogP contribution in [0.15, 0.2) is 15.8 Å². The Morgan fingerprint density at radius 3 is 3.12 bits per heavy atom. The third-order valence-electron chi connectivity index (χ3n) is 3.23. The molecule has 94 valence electrons. The largest absolute Gasteiger partial charge is 0.370 e. The summed E-state index contributed by atoms with van der Waals surface area (Å²) < 4.78 is 18.9. The number of amidine groups is 1. The molecule has 0 aromatic rings. The lowest BCUT2D eigenvalue weighted by molar-refractivity contribution is -0.0887. The summed E-state index contributed by atoms with van der Waals surface area (Å²) >= 11 is 5.93. The van der Waals surface area contributed by atoms with Gasteiger partial charge in [0, 0.05) is 6.61 Å². The van der Waals surface area contributed by atoms with Crippen LogP contribution in [0, 0.1) is 0 Å². The Labute approximate surface area is 104 Å². The first-order valence-electron chi connectivity index (χ1n) is 5.77. The predicted molar refractivity (Wildman–Crippen MR) is 61.8 cm³/mol. The van der Waals surface area contributed by atoms with Gasteiger partial charge in [0.1, 0.15) is 11.4 Å². The molecule has 3 aliphatic heterocycles. The zero-order chi connectivity index (χ0) is 11.8. The highest BCUT2D eigenvalue weighted by atomic mass is 35.5. The van der Waals surface area contributed by atoms with Crippen molar-refractivity contribution in [3.63, 3.8) is 0 Å². The highest BCUT2D eigenvalue weighted by molar-refractivity contribution is 6.30.